The Labute approximate surface area is 275 Å². The second-order valence-electron chi connectivity index (χ2n) is 12.9. The first-order chi connectivity index (χ1) is 22.3. The number of benzene rings is 2. The zero-order valence-electron chi connectivity index (χ0n) is 26.2. The molecule has 2 aromatic carbocycles. The average molecular weight is 647 g/mol. The van der Waals surface area contributed by atoms with Crippen molar-refractivity contribution >= 4 is 41.0 Å². The number of carbonyl (C=O) groups excluding carboxylic acids is 3. The highest BCUT2D eigenvalue weighted by atomic mass is 35.5. The van der Waals surface area contributed by atoms with Crippen LogP contribution in [0, 0.1) is 24.2 Å². The maximum Gasteiger partial charge on any atom is 0.410 e. The van der Waals surface area contributed by atoms with Crippen LogP contribution in [-0.2, 0) is 22.5 Å². The standard InChI is InChI=1S/C35H43ClN6O4/c1-2-24-19-23(20-29(36)32(24)37)21-31(33(43)40-15-9-26(10-16-40)25-7-13-38-14-8-25)46-35(45)41-17-11-28(12-18-41)42-22-27-5-3-4-6-30(27)39-34(42)44/h1,3-6,19-20,25-26,28,31,38H,7-18,21-22,37H2,(H,39,44)/t31-/m1/s1. The third-order valence-electron chi connectivity index (χ3n) is 10.2. The summed E-state index contributed by atoms with van der Waals surface area (Å²) in [5.74, 6) is 3.65. The van der Waals surface area contributed by atoms with E-state index in [-0.39, 0.29) is 24.4 Å². The highest BCUT2D eigenvalue weighted by Gasteiger charge is 2.37. The lowest BCUT2D eigenvalue weighted by Gasteiger charge is -2.41. The number of likely N-dealkylation sites (tertiary alicyclic amines) is 2. The van der Waals surface area contributed by atoms with E-state index in [1.165, 1.54) is 12.8 Å². The number of ether oxygens (including phenoxy) is 1. The summed E-state index contributed by atoms with van der Waals surface area (Å²) >= 11 is 6.37. The van der Waals surface area contributed by atoms with E-state index in [2.05, 4.69) is 16.6 Å². The van der Waals surface area contributed by atoms with Crippen LogP contribution in [0.15, 0.2) is 36.4 Å². The van der Waals surface area contributed by atoms with Gasteiger partial charge in [-0.05, 0) is 92.8 Å². The fourth-order valence-electron chi connectivity index (χ4n) is 7.49. The number of nitrogens with two attached hydrogens (primary N) is 1. The summed E-state index contributed by atoms with van der Waals surface area (Å²) < 4.78 is 6.01. The van der Waals surface area contributed by atoms with Gasteiger partial charge in [0.2, 0.25) is 0 Å². The van der Waals surface area contributed by atoms with Crippen molar-refractivity contribution in [2.24, 2.45) is 11.8 Å². The van der Waals surface area contributed by atoms with Gasteiger partial charge in [-0.2, -0.15) is 0 Å². The van der Waals surface area contributed by atoms with E-state index in [1.54, 1.807) is 17.0 Å². The maximum absolute atomic E-state index is 14.0. The third kappa shape index (κ3) is 7.06. The van der Waals surface area contributed by atoms with Crippen LogP contribution in [0.5, 0.6) is 0 Å². The normalized spacial score (nSPS) is 20.4. The van der Waals surface area contributed by atoms with Gasteiger partial charge in [0.05, 0.1) is 10.7 Å². The van der Waals surface area contributed by atoms with E-state index in [9.17, 15) is 14.4 Å². The van der Waals surface area contributed by atoms with E-state index >= 15 is 0 Å². The summed E-state index contributed by atoms with van der Waals surface area (Å²) in [5, 5.41) is 6.72. The minimum absolute atomic E-state index is 0.00446. The molecule has 0 saturated carbocycles. The van der Waals surface area contributed by atoms with Crippen molar-refractivity contribution in [3.8, 4) is 12.3 Å². The van der Waals surface area contributed by atoms with E-state index in [4.69, 9.17) is 28.5 Å². The number of amides is 4. The van der Waals surface area contributed by atoms with Crippen LogP contribution in [-0.4, -0.2) is 84.1 Å². The van der Waals surface area contributed by atoms with Gasteiger partial charge in [0, 0.05) is 56.4 Å². The Morgan fingerprint density at radius 1 is 1.00 bits per heavy atom. The zero-order valence-corrected chi connectivity index (χ0v) is 26.9. The van der Waals surface area contributed by atoms with Gasteiger partial charge in [0.15, 0.2) is 6.10 Å². The van der Waals surface area contributed by atoms with Crippen LogP contribution in [0.4, 0.5) is 21.0 Å². The average Bonchev–Trinajstić information content (AvgIpc) is 3.09. The molecule has 3 saturated heterocycles. The molecule has 46 heavy (non-hydrogen) atoms. The zero-order chi connectivity index (χ0) is 32.2. The van der Waals surface area contributed by atoms with Gasteiger partial charge >= 0.3 is 12.1 Å². The summed E-state index contributed by atoms with van der Waals surface area (Å²) in [7, 11) is 0. The van der Waals surface area contributed by atoms with E-state index in [0.29, 0.717) is 79.2 Å². The number of piperidine rings is 3. The molecule has 4 aliphatic heterocycles. The van der Waals surface area contributed by atoms with Crippen molar-refractivity contribution in [1.82, 2.24) is 20.0 Å². The van der Waals surface area contributed by atoms with Crippen molar-refractivity contribution in [1.29, 1.82) is 0 Å². The van der Waals surface area contributed by atoms with Crippen LogP contribution in [0.25, 0.3) is 0 Å². The molecule has 244 valence electrons. The van der Waals surface area contributed by atoms with Gasteiger partial charge in [-0.3, -0.25) is 4.79 Å². The smallest absolute Gasteiger partial charge is 0.410 e. The van der Waals surface area contributed by atoms with E-state index in [0.717, 1.165) is 37.2 Å². The van der Waals surface area contributed by atoms with Crippen LogP contribution >= 0.6 is 11.6 Å². The monoisotopic (exact) mass is 646 g/mol. The number of halogens is 1. The number of para-hydroxylation sites is 1. The lowest BCUT2D eigenvalue weighted by molar-refractivity contribution is -0.142. The Bertz CT molecular complexity index is 1490. The number of urea groups is 1. The first kappa shape index (κ1) is 32.0. The van der Waals surface area contributed by atoms with Gasteiger partial charge in [-0.25, -0.2) is 9.59 Å². The number of nitrogen functional groups attached to an aromatic ring is 1. The number of anilines is 2. The molecular formula is C35H43ClN6O4. The van der Waals surface area contributed by atoms with E-state index in [1.807, 2.05) is 34.1 Å². The second-order valence-corrected chi connectivity index (χ2v) is 13.4. The summed E-state index contributed by atoms with van der Waals surface area (Å²) in [6, 6.07) is 11.1. The number of nitrogens with one attached hydrogen (secondary N) is 2. The fourth-order valence-corrected chi connectivity index (χ4v) is 7.73. The minimum Gasteiger partial charge on any atom is -0.436 e. The van der Waals surface area contributed by atoms with Gasteiger partial charge in [-0.15, -0.1) is 6.42 Å². The lowest BCUT2D eigenvalue weighted by Crippen LogP contribution is -2.52. The Hall–Kier alpha value is -3.94. The van der Waals surface area contributed by atoms with Gasteiger partial charge < -0.3 is 35.8 Å². The fraction of sp³-hybridized carbons (Fsp3) is 0.514. The van der Waals surface area contributed by atoms with Crippen LogP contribution in [0.2, 0.25) is 5.02 Å². The number of hydrogen-bond donors (Lipinski definition) is 3. The quantitative estimate of drug-likeness (QED) is 0.309. The lowest BCUT2D eigenvalue weighted by atomic mass is 9.79. The Balaban J connectivity index is 1.11. The molecule has 2 aromatic rings. The number of fused-ring (bicyclic) bond motifs is 1. The molecule has 4 amide bonds. The summed E-state index contributed by atoms with van der Waals surface area (Å²) in [6.45, 7) is 4.78. The molecule has 0 spiro atoms. The van der Waals surface area contributed by atoms with Crippen molar-refractivity contribution in [2.75, 3.05) is 50.3 Å². The largest absolute Gasteiger partial charge is 0.436 e. The molecule has 0 unspecified atom stereocenters. The highest BCUT2D eigenvalue weighted by Crippen LogP contribution is 2.32. The summed E-state index contributed by atoms with van der Waals surface area (Å²) in [6.07, 6.45) is 9.73. The molecule has 3 fully saturated rings. The Morgan fingerprint density at radius 3 is 2.39 bits per heavy atom. The molecular weight excluding hydrogens is 604 g/mol. The number of rotatable bonds is 6. The molecule has 4 N–H and O–H groups in total. The SMILES string of the molecule is C#Cc1cc(C[C@@H](OC(=O)N2CCC(N3Cc4ccccc4NC3=O)CC2)C(=O)N2CCC(C3CCNCC3)CC2)cc(Cl)c1N. The van der Waals surface area contributed by atoms with Gasteiger partial charge in [0.1, 0.15) is 0 Å². The Morgan fingerprint density at radius 2 is 1.67 bits per heavy atom. The molecule has 0 aromatic heterocycles. The topological polar surface area (TPSA) is 120 Å². The highest BCUT2D eigenvalue weighted by molar-refractivity contribution is 6.33. The van der Waals surface area contributed by atoms with Crippen LogP contribution in [0.1, 0.15) is 55.2 Å². The van der Waals surface area contributed by atoms with Crippen LogP contribution in [0.3, 0.4) is 0 Å². The predicted molar refractivity (Wildman–Crippen MR) is 178 cm³/mol. The molecule has 11 heteroatoms. The molecule has 6 rings (SSSR count). The van der Waals surface area contributed by atoms with Crippen molar-refractivity contribution in [2.45, 2.75) is 63.6 Å². The summed E-state index contributed by atoms with van der Waals surface area (Å²) in [5.41, 5.74) is 9.38. The van der Waals surface area contributed by atoms with Crippen molar-refractivity contribution in [3.63, 3.8) is 0 Å². The van der Waals surface area contributed by atoms with Crippen molar-refractivity contribution < 1.29 is 19.1 Å². The first-order valence-corrected chi connectivity index (χ1v) is 16.8. The van der Waals surface area contributed by atoms with Gasteiger partial charge in [-0.1, -0.05) is 35.7 Å². The number of carbonyl (C=O) groups is 3. The number of hydrogen-bond acceptors (Lipinski definition) is 6. The number of terminal acetylenes is 1. The second kappa shape index (κ2) is 14.2. The predicted octanol–water partition coefficient (Wildman–Crippen LogP) is 4.70. The molecule has 0 bridgehead atoms. The number of nitrogens with zero attached hydrogens (tertiary/aromatic N) is 3. The molecule has 4 aliphatic rings. The van der Waals surface area contributed by atoms with E-state index < -0.39 is 12.2 Å². The van der Waals surface area contributed by atoms with Gasteiger partial charge in [0.25, 0.3) is 5.91 Å². The minimum atomic E-state index is -1.03. The molecule has 4 heterocycles. The molecule has 1 atom stereocenters. The molecule has 0 radical (unpaired) electrons. The van der Waals surface area contributed by atoms with Crippen LogP contribution < -0.4 is 16.4 Å². The maximum atomic E-state index is 14.0. The van der Waals surface area contributed by atoms with Crippen molar-refractivity contribution in [3.05, 3.63) is 58.1 Å². The third-order valence-corrected chi connectivity index (χ3v) is 10.5. The summed E-state index contributed by atoms with van der Waals surface area (Å²) in [4.78, 5) is 45.7. The molecule has 0 aliphatic carbocycles. The Kier molecular flexibility index (Phi) is 9.90. The molecule has 10 nitrogen and oxygen atoms in total. The first-order valence-electron chi connectivity index (χ1n) is 16.5.